The summed E-state index contributed by atoms with van der Waals surface area (Å²) in [4.78, 5) is 13.9. The predicted molar refractivity (Wildman–Crippen MR) is 72.4 cm³/mol. The van der Waals surface area contributed by atoms with E-state index in [1.54, 1.807) is 0 Å². The van der Waals surface area contributed by atoms with Crippen molar-refractivity contribution in [3.63, 3.8) is 0 Å². The molecule has 1 aliphatic rings. The van der Waals surface area contributed by atoms with Crippen LogP contribution in [0.2, 0.25) is 0 Å². The lowest BCUT2D eigenvalue weighted by atomic mass is 9.96. The van der Waals surface area contributed by atoms with Crippen LogP contribution in [0.1, 0.15) is 19.8 Å². The summed E-state index contributed by atoms with van der Waals surface area (Å²) in [5, 5.41) is 0. The minimum Gasteiger partial charge on any atom is -0.466 e. The van der Waals surface area contributed by atoms with Crippen molar-refractivity contribution in [2.24, 2.45) is 5.92 Å². The van der Waals surface area contributed by atoms with Crippen molar-refractivity contribution in [1.29, 1.82) is 0 Å². The minimum atomic E-state index is -0.0572. The maximum Gasteiger partial charge on any atom is 0.309 e. The second-order valence-corrected chi connectivity index (χ2v) is 4.57. The molecule has 1 heterocycles. The average molecular weight is 248 g/mol. The van der Waals surface area contributed by atoms with Crippen molar-refractivity contribution in [3.8, 4) is 0 Å². The number of nitrogen functional groups attached to an aromatic ring is 1. The zero-order chi connectivity index (χ0) is 13.0. The highest BCUT2D eigenvalue weighted by Gasteiger charge is 2.26. The Morgan fingerprint density at radius 2 is 2.06 bits per heavy atom. The SMILES string of the molecule is CCOC(=O)C1CCN(c2ccccc2N)CC1. The largest absolute Gasteiger partial charge is 0.466 e. The van der Waals surface area contributed by atoms with Crippen molar-refractivity contribution < 1.29 is 9.53 Å². The van der Waals surface area contributed by atoms with Crippen molar-refractivity contribution in [1.82, 2.24) is 0 Å². The van der Waals surface area contributed by atoms with Gasteiger partial charge in [-0.1, -0.05) is 12.1 Å². The quantitative estimate of drug-likeness (QED) is 0.657. The molecule has 1 aliphatic heterocycles. The molecule has 0 bridgehead atoms. The van der Waals surface area contributed by atoms with Crippen molar-refractivity contribution in [2.75, 3.05) is 30.3 Å². The van der Waals surface area contributed by atoms with Crippen LogP contribution < -0.4 is 10.6 Å². The molecular formula is C14H20N2O2. The Balaban J connectivity index is 1.95. The van der Waals surface area contributed by atoms with Gasteiger partial charge < -0.3 is 15.4 Å². The number of anilines is 2. The predicted octanol–water partition coefficient (Wildman–Crippen LogP) is 2.05. The molecule has 4 nitrogen and oxygen atoms in total. The maximum absolute atomic E-state index is 11.6. The van der Waals surface area contributed by atoms with Gasteiger partial charge in [-0.2, -0.15) is 0 Å². The molecule has 0 radical (unpaired) electrons. The number of nitrogens with zero attached hydrogens (tertiary/aromatic N) is 1. The van der Waals surface area contributed by atoms with E-state index in [4.69, 9.17) is 10.5 Å². The van der Waals surface area contributed by atoms with Gasteiger partial charge >= 0.3 is 5.97 Å². The normalized spacial score (nSPS) is 16.6. The summed E-state index contributed by atoms with van der Waals surface area (Å²) in [5.41, 5.74) is 7.83. The van der Waals surface area contributed by atoms with E-state index in [1.807, 2.05) is 31.2 Å². The van der Waals surface area contributed by atoms with Crippen LogP contribution in [0.3, 0.4) is 0 Å². The number of ether oxygens (including phenoxy) is 1. The Morgan fingerprint density at radius 1 is 1.39 bits per heavy atom. The first-order valence-electron chi connectivity index (χ1n) is 6.48. The summed E-state index contributed by atoms with van der Waals surface area (Å²) in [6.07, 6.45) is 1.68. The number of carbonyl (C=O) groups is 1. The number of hydrogen-bond acceptors (Lipinski definition) is 4. The first-order chi connectivity index (χ1) is 8.72. The fourth-order valence-corrected chi connectivity index (χ4v) is 2.39. The van der Waals surface area contributed by atoms with Gasteiger partial charge in [-0.05, 0) is 31.9 Å². The summed E-state index contributed by atoms with van der Waals surface area (Å²) in [6, 6.07) is 7.86. The lowest BCUT2D eigenvalue weighted by Crippen LogP contribution is -2.37. The molecule has 2 N–H and O–H groups in total. The molecule has 0 aromatic heterocycles. The zero-order valence-electron chi connectivity index (χ0n) is 10.8. The Labute approximate surface area is 108 Å². The van der Waals surface area contributed by atoms with Crippen LogP contribution in [-0.4, -0.2) is 25.7 Å². The maximum atomic E-state index is 11.6. The van der Waals surface area contributed by atoms with Crippen molar-refractivity contribution in [3.05, 3.63) is 24.3 Å². The van der Waals surface area contributed by atoms with E-state index in [2.05, 4.69) is 4.90 Å². The van der Waals surface area contributed by atoms with Crippen molar-refractivity contribution >= 4 is 17.3 Å². The fourth-order valence-electron chi connectivity index (χ4n) is 2.39. The lowest BCUT2D eigenvalue weighted by molar-refractivity contribution is -0.148. The van der Waals surface area contributed by atoms with Crippen LogP contribution in [0.15, 0.2) is 24.3 Å². The molecule has 0 aliphatic carbocycles. The molecule has 18 heavy (non-hydrogen) atoms. The summed E-state index contributed by atoms with van der Waals surface area (Å²) >= 11 is 0. The van der Waals surface area contributed by atoms with Gasteiger partial charge in [0.1, 0.15) is 0 Å². The number of rotatable bonds is 3. The molecule has 0 saturated carbocycles. The highest BCUT2D eigenvalue weighted by molar-refractivity contribution is 5.73. The molecular weight excluding hydrogens is 228 g/mol. The summed E-state index contributed by atoms with van der Waals surface area (Å²) in [6.45, 7) is 4.03. The third-order valence-electron chi connectivity index (χ3n) is 3.39. The van der Waals surface area contributed by atoms with Gasteiger partial charge in [0.25, 0.3) is 0 Å². The Hall–Kier alpha value is -1.71. The van der Waals surface area contributed by atoms with Crippen LogP contribution in [0, 0.1) is 5.92 Å². The van der Waals surface area contributed by atoms with Gasteiger partial charge in [0, 0.05) is 13.1 Å². The minimum absolute atomic E-state index is 0.0473. The average Bonchev–Trinajstić information content (AvgIpc) is 2.40. The first-order valence-corrected chi connectivity index (χ1v) is 6.48. The van der Waals surface area contributed by atoms with Crippen LogP contribution in [0.25, 0.3) is 0 Å². The number of nitrogens with two attached hydrogens (primary N) is 1. The van der Waals surface area contributed by atoms with Gasteiger partial charge in [0.2, 0.25) is 0 Å². The zero-order valence-corrected chi connectivity index (χ0v) is 10.8. The monoisotopic (exact) mass is 248 g/mol. The van der Waals surface area contributed by atoms with E-state index < -0.39 is 0 Å². The third kappa shape index (κ3) is 2.75. The number of esters is 1. The second kappa shape index (κ2) is 5.76. The van der Waals surface area contributed by atoms with Crippen molar-refractivity contribution in [2.45, 2.75) is 19.8 Å². The highest BCUT2D eigenvalue weighted by Crippen LogP contribution is 2.28. The fraction of sp³-hybridized carbons (Fsp3) is 0.500. The van der Waals surface area contributed by atoms with Gasteiger partial charge in [0.15, 0.2) is 0 Å². The first kappa shape index (κ1) is 12.7. The molecule has 4 heteroatoms. The summed E-state index contributed by atoms with van der Waals surface area (Å²) < 4.78 is 5.06. The lowest BCUT2D eigenvalue weighted by Gasteiger charge is -2.33. The molecule has 98 valence electrons. The summed E-state index contributed by atoms with van der Waals surface area (Å²) in [5.74, 6) is -0.00989. The van der Waals surface area contributed by atoms with Crippen LogP contribution in [-0.2, 0) is 9.53 Å². The smallest absolute Gasteiger partial charge is 0.309 e. The van der Waals surface area contributed by atoms with Crippen LogP contribution in [0.5, 0.6) is 0 Å². The Kier molecular flexibility index (Phi) is 4.07. The Morgan fingerprint density at radius 3 is 2.67 bits per heavy atom. The highest BCUT2D eigenvalue weighted by atomic mass is 16.5. The van der Waals surface area contributed by atoms with E-state index in [-0.39, 0.29) is 11.9 Å². The van der Waals surface area contributed by atoms with E-state index >= 15 is 0 Å². The molecule has 1 fully saturated rings. The summed E-state index contributed by atoms with van der Waals surface area (Å²) in [7, 11) is 0. The molecule has 1 aromatic rings. The molecule has 1 saturated heterocycles. The molecule has 0 unspecified atom stereocenters. The third-order valence-corrected chi connectivity index (χ3v) is 3.39. The van der Waals surface area contributed by atoms with E-state index in [0.717, 1.165) is 37.3 Å². The second-order valence-electron chi connectivity index (χ2n) is 4.57. The van der Waals surface area contributed by atoms with E-state index in [0.29, 0.717) is 6.61 Å². The van der Waals surface area contributed by atoms with E-state index in [1.165, 1.54) is 0 Å². The number of piperidine rings is 1. The number of hydrogen-bond donors (Lipinski definition) is 1. The van der Waals surface area contributed by atoms with Crippen LogP contribution in [0.4, 0.5) is 11.4 Å². The van der Waals surface area contributed by atoms with E-state index in [9.17, 15) is 4.79 Å². The molecule has 0 atom stereocenters. The molecule has 0 amide bonds. The van der Waals surface area contributed by atoms with Gasteiger partial charge in [-0.15, -0.1) is 0 Å². The standard InChI is InChI=1S/C14H20N2O2/c1-2-18-14(17)11-7-9-16(10-8-11)13-6-4-3-5-12(13)15/h3-6,11H,2,7-10,15H2,1H3. The van der Waals surface area contributed by atoms with Crippen LogP contribution >= 0.6 is 0 Å². The number of carbonyl (C=O) groups excluding carboxylic acids is 1. The Bertz CT molecular complexity index is 412. The number of benzene rings is 1. The topological polar surface area (TPSA) is 55.6 Å². The van der Waals surface area contributed by atoms with Gasteiger partial charge in [-0.25, -0.2) is 0 Å². The molecule has 2 rings (SSSR count). The number of para-hydroxylation sites is 2. The van der Waals surface area contributed by atoms with Gasteiger partial charge in [0.05, 0.1) is 23.9 Å². The molecule has 0 spiro atoms. The molecule has 1 aromatic carbocycles. The van der Waals surface area contributed by atoms with Gasteiger partial charge in [-0.3, -0.25) is 4.79 Å².